The zero-order valence-corrected chi connectivity index (χ0v) is 15.2. The first-order valence-corrected chi connectivity index (χ1v) is 9.66. The lowest BCUT2D eigenvalue weighted by Crippen LogP contribution is -2.12. The molecule has 0 saturated heterocycles. The van der Waals surface area contributed by atoms with Crippen LogP contribution in [0.3, 0.4) is 0 Å². The molecule has 7 heteroatoms. The number of methoxy groups -OCH3 is 1. The molecule has 6 nitrogen and oxygen atoms in total. The maximum Gasteiger partial charge on any atom is 0.261 e. The minimum absolute atomic E-state index is 0.196. The summed E-state index contributed by atoms with van der Waals surface area (Å²) in [6.07, 6.45) is 0. The fraction of sp³-hybridized carbons (Fsp3) is 0.0500. The predicted molar refractivity (Wildman–Crippen MR) is 103 cm³/mol. The van der Waals surface area contributed by atoms with E-state index in [-0.39, 0.29) is 4.90 Å². The lowest BCUT2D eigenvalue weighted by molar-refractivity contribution is 0.415. The van der Waals surface area contributed by atoms with Gasteiger partial charge in [-0.3, -0.25) is 4.72 Å². The number of ether oxygens (including phenoxy) is 1. The third kappa shape index (κ3) is 3.50. The van der Waals surface area contributed by atoms with Crippen LogP contribution < -0.4 is 9.46 Å². The molecule has 0 aliphatic rings. The lowest BCUT2D eigenvalue weighted by atomic mass is 10.2. The Morgan fingerprint density at radius 3 is 2.41 bits per heavy atom. The number of anilines is 1. The Bertz CT molecular complexity index is 1180. The maximum atomic E-state index is 12.5. The summed E-state index contributed by atoms with van der Waals surface area (Å²) < 4.78 is 38.4. The van der Waals surface area contributed by atoms with Crippen LogP contribution in [0.2, 0.25) is 0 Å². The molecule has 27 heavy (non-hydrogen) atoms. The smallest absolute Gasteiger partial charge is 0.261 e. The third-order valence-corrected chi connectivity index (χ3v) is 5.43. The lowest BCUT2D eigenvalue weighted by Gasteiger charge is -2.07. The summed E-state index contributed by atoms with van der Waals surface area (Å²) >= 11 is 0. The number of oxazole rings is 1. The summed E-state index contributed by atoms with van der Waals surface area (Å²) in [5.74, 6) is 1.20. The molecule has 0 aliphatic heterocycles. The van der Waals surface area contributed by atoms with Crippen LogP contribution in [0.15, 0.2) is 82.1 Å². The van der Waals surface area contributed by atoms with Gasteiger partial charge in [-0.1, -0.05) is 18.2 Å². The first-order valence-electron chi connectivity index (χ1n) is 8.18. The molecule has 0 spiro atoms. The monoisotopic (exact) mass is 380 g/mol. The Morgan fingerprint density at radius 2 is 1.70 bits per heavy atom. The molecule has 0 aliphatic carbocycles. The molecule has 0 atom stereocenters. The van der Waals surface area contributed by atoms with Gasteiger partial charge in [0, 0.05) is 11.6 Å². The topological polar surface area (TPSA) is 81.4 Å². The van der Waals surface area contributed by atoms with Crippen molar-refractivity contribution in [2.45, 2.75) is 4.90 Å². The number of benzene rings is 3. The molecule has 3 aromatic carbocycles. The second-order valence-corrected chi connectivity index (χ2v) is 7.53. The zero-order valence-electron chi connectivity index (χ0n) is 14.4. The largest absolute Gasteiger partial charge is 0.497 e. The molecule has 4 rings (SSSR count). The van der Waals surface area contributed by atoms with Gasteiger partial charge in [-0.05, 0) is 48.5 Å². The van der Waals surface area contributed by atoms with Crippen molar-refractivity contribution in [2.24, 2.45) is 0 Å². The van der Waals surface area contributed by atoms with E-state index in [9.17, 15) is 8.42 Å². The number of nitrogens with one attached hydrogen (secondary N) is 1. The summed E-state index contributed by atoms with van der Waals surface area (Å²) in [6.45, 7) is 0. The Morgan fingerprint density at radius 1 is 0.963 bits per heavy atom. The van der Waals surface area contributed by atoms with E-state index in [1.807, 2.05) is 24.3 Å². The van der Waals surface area contributed by atoms with Gasteiger partial charge >= 0.3 is 0 Å². The number of rotatable bonds is 5. The minimum atomic E-state index is -3.66. The molecular weight excluding hydrogens is 364 g/mol. The van der Waals surface area contributed by atoms with Gasteiger partial charge in [0.2, 0.25) is 5.89 Å². The molecule has 1 heterocycles. The SMILES string of the molecule is COc1ccc(-c2nc3ccc(NS(=O)(=O)c4ccccc4)cc3o2)cc1. The molecular formula is C20H16N2O4S. The molecule has 4 aromatic rings. The molecule has 0 saturated carbocycles. The summed E-state index contributed by atoms with van der Waals surface area (Å²) in [6, 6.07) is 20.5. The Labute approximate surface area is 156 Å². The van der Waals surface area contributed by atoms with E-state index < -0.39 is 10.0 Å². The molecule has 0 radical (unpaired) electrons. The highest BCUT2D eigenvalue weighted by Crippen LogP contribution is 2.28. The first kappa shape index (κ1) is 17.1. The van der Waals surface area contributed by atoms with Crippen LogP contribution in [0.4, 0.5) is 5.69 Å². The van der Waals surface area contributed by atoms with Crippen LogP contribution in [-0.2, 0) is 10.0 Å². The van der Waals surface area contributed by atoms with E-state index in [0.717, 1.165) is 11.3 Å². The van der Waals surface area contributed by atoms with Crippen molar-refractivity contribution in [1.29, 1.82) is 0 Å². The van der Waals surface area contributed by atoms with Gasteiger partial charge in [0.25, 0.3) is 10.0 Å². The van der Waals surface area contributed by atoms with Crippen molar-refractivity contribution in [2.75, 3.05) is 11.8 Å². The van der Waals surface area contributed by atoms with Gasteiger partial charge in [-0.2, -0.15) is 0 Å². The molecule has 0 fully saturated rings. The summed E-state index contributed by atoms with van der Waals surface area (Å²) in [4.78, 5) is 4.65. The van der Waals surface area contributed by atoms with Crippen molar-refractivity contribution in [3.63, 3.8) is 0 Å². The fourth-order valence-corrected chi connectivity index (χ4v) is 3.73. The minimum Gasteiger partial charge on any atom is -0.497 e. The van der Waals surface area contributed by atoms with Crippen LogP contribution in [0.1, 0.15) is 0 Å². The number of sulfonamides is 1. The Balaban J connectivity index is 1.64. The molecule has 1 N–H and O–H groups in total. The zero-order chi connectivity index (χ0) is 18.9. The fourth-order valence-electron chi connectivity index (χ4n) is 2.66. The normalized spacial score (nSPS) is 11.4. The Hall–Kier alpha value is -3.32. The number of aromatic nitrogens is 1. The number of fused-ring (bicyclic) bond motifs is 1. The van der Waals surface area contributed by atoms with E-state index in [1.54, 1.807) is 43.5 Å². The second kappa shape index (κ2) is 6.77. The van der Waals surface area contributed by atoms with Gasteiger partial charge in [0.15, 0.2) is 5.58 Å². The average molecular weight is 380 g/mol. The van der Waals surface area contributed by atoms with Crippen molar-refractivity contribution in [1.82, 2.24) is 4.98 Å². The van der Waals surface area contributed by atoms with Crippen molar-refractivity contribution in [3.8, 4) is 17.2 Å². The van der Waals surface area contributed by atoms with E-state index in [0.29, 0.717) is 22.7 Å². The molecule has 0 bridgehead atoms. The van der Waals surface area contributed by atoms with Crippen LogP contribution in [0, 0.1) is 0 Å². The second-order valence-electron chi connectivity index (χ2n) is 5.85. The standard InChI is InChI=1S/C20H16N2O4S/c1-25-16-10-7-14(8-11-16)20-21-18-12-9-15(13-19(18)26-20)22-27(23,24)17-5-3-2-4-6-17/h2-13,22H,1H3. The van der Waals surface area contributed by atoms with Gasteiger partial charge in [-0.25, -0.2) is 13.4 Å². The molecule has 1 aromatic heterocycles. The summed E-state index contributed by atoms with van der Waals surface area (Å²) in [5, 5.41) is 0. The Kier molecular flexibility index (Phi) is 4.29. The summed E-state index contributed by atoms with van der Waals surface area (Å²) in [7, 11) is -2.06. The molecule has 0 unspecified atom stereocenters. The van der Waals surface area contributed by atoms with Crippen molar-refractivity contribution >= 4 is 26.8 Å². The van der Waals surface area contributed by atoms with Gasteiger partial charge in [0.05, 0.1) is 17.7 Å². The maximum absolute atomic E-state index is 12.5. The van der Waals surface area contributed by atoms with Crippen molar-refractivity contribution in [3.05, 3.63) is 72.8 Å². The highest BCUT2D eigenvalue weighted by atomic mass is 32.2. The quantitative estimate of drug-likeness (QED) is 0.558. The third-order valence-electron chi connectivity index (χ3n) is 4.03. The highest BCUT2D eigenvalue weighted by molar-refractivity contribution is 7.92. The van der Waals surface area contributed by atoms with Crippen LogP contribution >= 0.6 is 0 Å². The molecule has 136 valence electrons. The predicted octanol–water partition coefficient (Wildman–Crippen LogP) is 4.30. The van der Waals surface area contributed by atoms with E-state index >= 15 is 0 Å². The van der Waals surface area contributed by atoms with Crippen molar-refractivity contribution < 1.29 is 17.6 Å². The van der Waals surface area contributed by atoms with Crippen LogP contribution in [-0.4, -0.2) is 20.5 Å². The van der Waals surface area contributed by atoms with Gasteiger partial charge in [0.1, 0.15) is 11.3 Å². The number of nitrogens with zero attached hydrogens (tertiary/aromatic N) is 1. The van der Waals surface area contributed by atoms with Gasteiger partial charge < -0.3 is 9.15 Å². The van der Waals surface area contributed by atoms with Gasteiger partial charge in [-0.15, -0.1) is 0 Å². The molecule has 0 amide bonds. The highest BCUT2D eigenvalue weighted by Gasteiger charge is 2.15. The first-order chi connectivity index (χ1) is 13.0. The number of hydrogen-bond acceptors (Lipinski definition) is 5. The van der Waals surface area contributed by atoms with E-state index in [2.05, 4.69) is 9.71 Å². The van der Waals surface area contributed by atoms with Crippen LogP contribution in [0.25, 0.3) is 22.6 Å². The van der Waals surface area contributed by atoms with Crippen LogP contribution in [0.5, 0.6) is 5.75 Å². The van der Waals surface area contributed by atoms with E-state index in [1.165, 1.54) is 12.1 Å². The average Bonchev–Trinajstić information content (AvgIpc) is 3.12. The number of hydrogen-bond donors (Lipinski definition) is 1. The van der Waals surface area contributed by atoms with E-state index in [4.69, 9.17) is 9.15 Å². The summed E-state index contributed by atoms with van der Waals surface area (Å²) in [5.41, 5.74) is 2.35.